The van der Waals surface area contributed by atoms with Crippen LogP contribution >= 0.6 is 0 Å². The molecule has 0 bridgehead atoms. The van der Waals surface area contributed by atoms with E-state index in [0.717, 1.165) is 18.4 Å². The topological polar surface area (TPSA) is 12.0 Å². The van der Waals surface area contributed by atoms with Gasteiger partial charge in [0, 0.05) is 0 Å². The first-order valence-corrected chi connectivity index (χ1v) is 5.88. The van der Waals surface area contributed by atoms with Gasteiger partial charge in [-0.1, -0.05) is 44.5 Å². The van der Waals surface area contributed by atoms with Gasteiger partial charge >= 0.3 is 6.18 Å². The number of rotatable bonds is 5. The van der Waals surface area contributed by atoms with Crippen LogP contribution in [0.25, 0.3) is 0 Å². The van der Waals surface area contributed by atoms with E-state index >= 15 is 0 Å². The number of halogens is 3. The Kier molecular flexibility index (Phi) is 5.00. The van der Waals surface area contributed by atoms with Crippen molar-refractivity contribution in [3.8, 4) is 0 Å². The number of hydrogen-bond donors (Lipinski definition) is 1. The number of aryl methyl sites for hydroxylation is 1. The van der Waals surface area contributed by atoms with Crippen molar-refractivity contribution in [3.63, 3.8) is 0 Å². The highest BCUT2D eigenvalue weighted by Crippen LogP contribution is 2.32. The van der Waals surface area contributed by atoms with Crippen molar-refractivity contribution in [2.45, 2.75) is 38.9 Å². The molecule has 0 saturated heterocycles. The zero-order valence-electron chi connectivity index (χ0n) is 10.1. The molecule has 1 rings (SSSR count). The molecule has 0 aromatic heterocycles. The molecule has 0 aliphatic rings. The summed E-state index contributed by atoms with van der Waals surface area (Å²) in [5.74, 6) is 0. The van der Waals surface area contributed by atoms with Crippen LogP contribution in [0.3, 0.4) is 0 Å². The van der Waals surface area contributed by atoms with Crippen LogP contribution in [0.15, 0.2) is 24.3 Å². The second kappa shape index (κ2) is 6.05. The Morgan fingerprint density at radius 1 is 1.12 bits per heavy atom. The first-order valence-electron chi connectivity index (χ1n) is 5.88. The monoisotopic (exact) mass is 245 g/mol. The minimum absolute atomic E-state index is 0.277. The van der Waals surface area contributed by atoms with E-state index in [1.807, 2.05) is 6.92 Å². The van der Waals surface area contributed by atoms with Crippen LogP contribution in [0.1, 0.15) is 37.4 Å². The predicted octanol–water partition coefficient (Wildman–Crippen LogP) is 3.85. The van der Waals surface area contributed by atoms with Gasteiger partial charge in [-0.25, -0.2) is 0 Å². The highest BCUT2D eigenvalue weighted by molar-refractivity contribution is 5.26. The SMILES string of the molecule is CCCc1ccc(C(NCC)C(F)(F)F)cc1. The molecular weight excluding hydrogens is 227 g/mol. The van der Waals surface area contributed by atoms with Crippen molar-refractivity contribution in [1.82, 2.24) is 5.32 Å². The highest BCUT2D eigenvalue weighted by Gasteiger charge is 2.39. The summed E-state index contributed by atoms with van der Waals surface area (Å²) in [5.41, 5.74) is 1.35. The molecule has 0 heterocycles. The second-order valence-corrected chi connectivity index (χ2v) is 4.02. The van der Waals surface area contributed by atoms with E-state index in [0.29, 0.717) is 6.54 Å². The Balaban J connectivity index is 2.87. The summed E-state index contributed by atoms with van der Waals surface area (Å²) in [6, 6.07) is 5.10. The number of benzene rings is 1. The largest absolute Gasteiger partial charge is 0.407 e. The zero-order valence-corrected chi connectivity index (χ0v) is 10.1. The quantitative estimate of drug-likeness (QED) is 0.830. The third kappa shape index (κ3) is 4.04. The Hall–Kier alpha value is -1.03. The van der Waals surface area contributed by atoms with E-state index in [1.54, 1.807) is 31.2 Å². The summed E-state index contributed by atoms with van der Waals surface area (Å²) in [6.45, 7) is 4.01. The van der Waals surface area contributed by atoms with Crippen molar-refractivity contribution in [2.24, 2.45) is 0 Å². The molecule has 0 spiro atoms. The molecule has 0 aliphatic heterocycles. The standard InChI is InChI=1S/C13H18F3N/c1-3-5-10-6-8-11(9-7-10)12(17-4-2)13(14,15)16/h6-9,12,17H,3-5H2,1-2H3. The lowest BCUT2D eigenvalue weighted by molar-refractivity contribution is -0.157. The van der Waals surface area contributed by atoms with Crippen LogP contribution in [0.2, 0.25) is 0 Å². The second-order valence-electron chi connectivity index (χ2n) is 4.02. The lowest BCUT2D eigenvalue weighted by atomic mass is 10.0. The Morgan fingerprint density at radius 3 is 2.12 bits per heavy atom. The maximum Gasteiger partial charge on any atom is 0.407 e. The van der Waals surface area contributed by atoms with Gasteiger partial charge in [0.15, 0.2) is 0 Å². The number of hydrogen-bond acceptors (Lipinski definition) is 1. The van der Waals surface area contributed by atoms with Crippen molar-refractivity contribution in [2.75, 3.05) is 6.54 Å². The van der Waals surface area contributed by atoms with Gasteiger partial charge in [0.25, 0.3) is 0 Å². The number of alkyl halides is 3. The van der Waals surface area contributed by atoms with E-state index in [2.05, 4.69) is 5.32 Å². The first-order chi connectivity index (χ1) is 7.99. The molecule has 1 atom stereocenters. The average Bonchev–Trinajstić information content (AvgIpc) is 2.26. The molecular formula is C13H18F3N. The number of nitrogens with one attached hydrogen (secondary N) is 1. The fourth-order valence-electron chi connectivity index (χ4n) is 1.79. The zero-order chi connectivity index (χ0) is 12.9. The smallest absolute Gasteiger partial charge is 0.303 e. The predicted molar refractivity (Wildman–Crippen MR) is 62.9 cm³/mol. The lowest BCUT2D eigenvalue weighted by Crippen LogP contribution is -2.33. The Bertz CT molecular complexity index is 330. The summed E-state index contributed by atoms with van der Waals surface area (Å²) >= 11 is 0. The summed E-state index contributed by atoms with van der Waals surface area (Å²) < 4.78 is 38.3. The maximum atomic E-state index is 12.8. The fraction of sp³-hybridized carbons (Fsp3) is 0.538. The summed E-state index contributed by atoms with van der Waals surface area (Å²) in [6.07, 6.45) is -2.35. The van der Waals surface area contributed by atoms with Gasteiger partial charge in [0.1, 0.15) is 6.04 Å². The molecule has 0 aliphatic carbocycles. The van der Waals surface area contributed by atoms with E-state index in [9.17, 15) is 13.2 Å². The molecule has 0 amide bonds. The molecule has 17 heavy (non-hydrogen) atoms. The molecule has 0 saturated carbocycles. The molecule has 0 fully saturated rings. The third-order valence-corrected chi connectivity index (χ3v) is 2.59. The summed E-state index contributed by atoms with van der Waals surface area (Å²) in [7, 11) is 0. The van der Waals surface area contributed by atoms with Crippen LogP contribution in [-0.2, 0) is 6.42 Å². The Morgan fingerprint density at radius 2 is 1.71 bits per heavy atom. The van der Waals surface area contributed by atoms with E-state index in [4.69, 9.17) is 0 Å². The van der Waals surface area contributed by atoms with Gasteiger partial charge in [0.2, 0.25) is 0 Å². The molecule has 1 nitrogen and oxygen atoms in total. The van der Waals surface area contributed by atoms with Crippen LogP contribution in [0.4, 0.5) is 13.2 Å². The van der Waals surface area contributed by atoms with Gasteiger partial charge in [-0.05, 0) is 24.1 Å². The van der Waals surface area contributed by atoms with E-state index in [-0.39, 0.29) is 5.56 Å². The van der Waals surface area contributed by atoms with Gasteiger partial charge in [-0.3, -0.25) is 0 Å². The highest BCUT2D eigenvalue weighted by atomic mass is 19.4. The molecule has 0 radical (unpaired) electrons. The summed E-state index contributed by atoms with van der Waals surface area (Å²) in [4.78, 5) is 0. The normalized spacial score (nSPS) is 13.7. The van der Waals surface area contributed by atoms with E-state index < -0.39 is 12.2 Å². The minimum Gasteiger partial charge on any atom is -0.303 e. The van der Waals surface area contributed by atoms with Crippen molar-refractivity contribution < 1.29 is 13.2 Å². The van der Waals surface area contributed by atoms with Gasteiger partial charge in [-0.15, -0.1) is 0 Å². The maximum absolute atomic E-state index is 12.8. The average molecular weight is 245 g/mol. The van der Waals surface area contributed by atoms with Crippen molar-refractivity contribution >= 4 is 0 Å². The third-order valence-electron chi connectivity index (χ3n) is 2.59. The van der Waals surface area contributed by atoms with Crippen LogP contribution in [0.5, 0.6) is 0 Å². The molecule has 4 heteroatoms. The molecule has 1 aromatic carbocycles. The Labute approximate surface area is 100 Å². The molecule has 1 aromatic rings. The van der Waals surface area contributed by atoms with Gasteiger partial charge < -0.3 is 5.32 Å². The first kappa shape index (κ1) is 14.0. The van der Waals surface area contributed by atoms with Crippen LogP contribution in [0, 0.1) is 0 Å². The molecule has 1 unspecified atom stereocenters. The van der Waals surface area contributed by atoms with Crippen LogP contribution < -0.4 is 5.32 Å². The minimum atomic E-state index is -4.25. The fourth-order valence-corrected chi connectivity index (χ4v) is 1.79. The van der Waals surface area contributed by atoms with E-state index in [1.165, 1.54) is 0 Å². The van der Waals surface area contributed by atoms with Crippen molar-refractivity contribution in [1.29, 1.82) is 0 Å². The van der Waals surface area contributed by atoms with Gasteiger partial charge in [-0.2, -0.15) is 13.2 Å². The van der Waals surface area contributed by atoms with Crippen molar-refractivity contribution in [3.05, 3.63) is 35.4 Å². The lowest BCUT2D eigenvalue weighted by Gasteiger charge is -2.21. The molecule has 1 N–H and O–H groups in total. The molecule has 96 valence electrons. The van der Waals surface area contributed by atoms with Crippen LogP contribution in [-0.4, -0.2) is 12.7 Å². The van der Waals surface area contributed by atoms with Gasteiger partial charge in [0.05, 0.1) is 0 Å². The summed E-state index contributed by atoms with van der Waals surface area (Å²) in [5, 5.41) is 2.47.